The molecule has 2 saturated heterocycles. The Kier molecular flexibility index (Phi) is 6.14. The molecule has 0 aromatic rings. The number of amides is 2. The zero-order valence-corrected chi connectivity index (χ0v) is 16.6. The Morgan fingerprint density at radius 2 is 1.40 bits per heavy atom. The third kappa shape index (κ3) is 5.67. The Hall–Kier alpha value is -1.15. The van der Waals surface area contributed by atoms with E-state index in [4.69, 9.17) is 0 Å². The van der Waals surface area contributed by atoms with Gasteiger partial charge in [-0.25, -0.2) is 12.7 Å². The molecule has 2 heterocycles. The van der Waals surface area contributed by atoms with Crippen LogP contribution in [0.1, 0.15) is 40.0 Å². The van der Waals surface area contributed by atoms with Crippen molar-refractivity contribution in [3.8, 4) is 0 Å². The molecule has 0 aromatic carbocycles. The standard InChI is InChI=1S/C17H31N3O4S/c1-17(2,3)13-15(21)18-9-11-19(12-10-18)16(22)14-5-7-20(8-6-14)25(4,23)24/h14H,5-13H2,1-4H3. The van der Waals surface area contributed by atoms with Gasteiger partial charge in [-0.1, -0.05) is 20.8 Å². The monoisotopic (exact) mass is 373 g/mol. The van der Waals surface area contributed by atoms with Crippen molar-refractivity contribution < 1.29 is 18.0 Å². The first-order valence-corrected chi connectivity index (χ1v) is 10.8. The van der Waals surface area contributed by atoms with Crippen LogP contribution in [0.15, 0.2) is 0 Å². The molecule has 0 atom stereocenters. The van der Waals surface area contributed by atoms with Gasteiger partial charge >= 0.3 is 0 Å². The van der Waals surface area contributed by atoms with Gasteiger partial charge in [-0.15, -0.1) is 0 Å². The number of hydrogen-bond donors (Lipinski definition) is 0. The van der Waals surface area contributed by atoms with Crippen LogP contribution >= 0.6 is 0 Å². The van der Waals surface area contributed by atoms with Crippen molar-refractivity contribution in [2.75, 3.05) is 45.5 Å². The van der Waals surface area contributed by atoms with Crippen LogP contribution in [-0.4, -0.2) is 79.9 Å². The number of rotatable bonds is 3. The Labute approximate surface area is 151 Å². The lowest BCUT2D eigenvalue weighted by molar-refractivity contribution is -0.143. The fraction of sp³-hybridized carbons (Fsp3) is 0.882. The van der Waals surface area contributed by atoms with Gasteiger partial charge in [0.15, 0.2) is 0 Å². The van der Waals surface area contributed by atoms with E-state index >= 15 is 0 Å². The molecule has 0 N–H and O–H groups in total. The molecule has 2 aliphatic rings. The summed E-state index contributed by atoms with van der Waals surface area (Å²) in [5.74, 6) is 0.159. The molecule has 0 unspecified atom stereocenters. The molecule has 2 rings (SSSR count). The molecule has 8 heteroatoms. The summed E-state index contributed by atoms with van der Waals surface area (Å²) in [6.07, 6.45) is 2.89. The minimum Gasteiger partial charge on any atom is -0.339 e. The van der Waals surface area contributed by atoms with Crippen molar-refractivity contribution in [2.45, 2.75) is 40.0 Å². The second-order valence-electron chi connectivity index (χ2n) is 8.38. The quantitative estimate of drug-likeness (QED) is 0.732. The van der Waals surface area contributed by atoms with Crippen LogP contribution in [-0.2, 0) is 19.6 Å². The van der Waals surface area contributed by atoms with E-state index in [-0.39, 0.29) is 23.1 Å². The summed E-state index contributed by atoms with van der Waals surface area (Å²) in [7, 11) is -3.17. The Morgan fingerprint density at radius 3 is 1.84 bits per heavy atom. The van der Waals surface area contributed by atoms with Crippen molar-refractivity contribution >= 4 is 21.8 Å². The topological polar surface area (TPSA) is 78.0 Å². The first-order chi connectivity index (χ1) is 11.5. The maximum absolute atomic E-state index is 12.7. The Morgan fingerprint density at radius 1 is 0.920 bits per heavy atom. The fourth-order valence-corrected chi connectivity index (χ4v) is 4.31. The molecule has 0 saturated carbocycles. The normalized spacial score (nSPS) is 21.4. The van der Waals surface area contributed by atoms with E-state index in [1.165, 1.54) is 10.6 Å². The van der Waals surface area contributed by atoms with E-state index in [1.54, 1.807) is 0 Å². The van der Waals surface area contributed by atoms with Crippen LogP contribution < -0.4 is 0 Å². The molecule has 2 fully saturated rings. The third-order valence-corrected chi connectivity index (χ3v) is 6.20. The molecule has 25 heavy (non-hydrogen) atoms. The predicted molar refractivity (Wildman–Crippen MR) is 96.4 cm³/mol. The minimum absolute atomic E-state index is 0.0301. The van der Waals surface area contributed by atoms with E-state index in [9.17, 15) is 18.0 Å². The van der Waals surface area contributed by atoms with Gasteiger partial charge in [0.05, 0.1) is 6.26 Å². The minimum atomic E-state index is -3.17. The number of piperazine rings is 1. The number of nitrogens with zero attached hydrogens (tertiary/aromatic N) is 3. The predicted octanol–water partition coefficient (Wildman–Crippen LogP) is 0.765. The van der Waals surface area contributed by atoms with E-state index in [0.29, 0.717) is 58.5 Å². The van der Waals surface area contributed by atoms with Crippen molar-refractivity contribution in [2.24, 2.45) is 11.3 Å². The molecule has 0 spiro atoms. The molecular weight excluding hydrogens is 342 g/mol. The molecule has 2 amide bonds. The summed E-state index contributed by atoms with van der Waals surface area (Å²) in [5.41, 5.74) is -0.0301. The fourth-order valence-electron chi connectivity index (χ4n) is 3.43. The Bertz CT molecular complexity index is 596. The summed E-state index contributed by atoms with van der Waals surface area (Å²) >= 11 is 0. The average Bonchev–Trinajstić information content (AvgIpc) is 2.52. The van der Waals surface area contributed by atoms with Crippen molar-refractivity contribution in [3.63, 3.8) is 0 Å². The maximum atomic E-state index is 12.7. The molecule has 2 aliphatic heterocycles. The van der Waals surface area contributed by atoms with Gasteiger partial charge in [0.1, 0.15) is 0 Å². The van der Waals surface area contributed by atoms with Gasteiger partial charge in [0.25, 0.3) is 0 Å². The number of piperidine rings is 1. The highest BCUT2D eigenvalue weighted by Gasteiger charge is 2.33. The lowest BCUT2D eigenvalue weighted by atomic mass is 9.91. The molecule has 0 aromatic heterocycles. The summed E-state index contributed by atoms with van der Waals surface area (Å²) in [6, 6.07) is 0. The van der Waals surface area contributed by atoms with Crippen LogP contribution in [0.25, 0.3) is 0 Å². The van der Waals surface area contributed by atoms with E-state index in [2.05, 4.69) is 0 Å². The van der Waals surface area contributed by atoms with Crippen molar-refractivity contribution in [1.82, 2.24) is 14.1 Å². The van der Waals surface area contributed by atoms with Gasteiger partial charge in [0, 0.05) is 51.6 Å². The first-order valence-electron chi connectivity index (χ1n) is 8.99. The maximum Gasteiger partial charge on any atom is 0.225 e. The molecule has 144 valence electrons. The zero-order valence-electron chi connectivity index (χ0n) is 15.8. The Balaban J connectivity index is 1.81. The highest BCUT2D eigenvalue weighted by Crippen LogP contribution is 2.23. The van der Waals surface area contributed by atoms with Gasteiger partial charge in [-0.3, -0.25) is 9.59 Å². The largest absolute Gasteiger partial charge is 0.339 e. The first kappa shape index (κ1) is 20.2. The third-order valence-electron chi connectivity index (χ3n) is 4.90. The lowest BCUT2D eigenvalue weighted by Crippen LogP contribution is -2.53. The number of sulfonamides is 1. The van der Waals surface area contributed by atoms with E-state index in [1.807, 2.05) is 30.6 Å². The molecule has 7 nitrogen and oxygen atoms in total. The molecule has 0 bridgehead atoms. The molecule has 0 aliphatic carbocycles. The highest BCUT2D eigenvalue weighted by atomic mass is 32.2. The summed E-state index contributed by atoms with van der Waals surface area (Å²) in [6.45, 7) is 9.29. The summed E-state index contributed by atoms with van der Waals surface area (Å²) in [5, 5.41) is 0. The molecular formula is C17H31N3O4S. The van der Waals surface area contributed by atoms with Gasteiger partial charge in [0.2, 0.25) is 21.8 Å². The summed E-state index contributed by atoms with van der Waals surface area (Å²) < 4.78 is 24.6. The molecule has 0 radical (unpaired) electrons. The van der Waals surface area contributed by atoms with Gasteiger partial charge in [-0.05, 0) is 18.3 Å². The highest BCUT2D eigenvalue weighted by molar-refractivity contribution is 7.88. The van der Waals surface area contributed by atoms with E-state index < -0.39 is 10.0 Å². The van der Waals surface area contributed by atoms with Gasteiger partial charge in [-0.2, -0.15) is 0 Å². The van der Waals surface area contributed by atoms with Gasteiger partial charge < -0.3 is 9.80 Å². The number of carbonyl (C=O) groups is 2. The second-order valence-corrected chi connectivity index (χ2v) is 10.4. The van der Waals surface area contributed by atoms with Crippen LogP contribution in [0, 0.1) is 11.3 Å². The smallest absolute Gasteiger partial charge is 0.225 e. The van der Waals surface area contributed by atoms with Crippen LogP contribution in [0.5, 0.6) is 0 Å². The van der Waals surface area contributed by atoms with E-state index in [0.717, 1.165) is 0 Å². The number of carbonyl (C=O) groups excluding carboxylic acids is 2. The van der Waals surface area contributed by atoms with Crippen LogP contribution in [0.4, 0.5) is 0 Å². The number of hydrogen-bond acceptors (Lipinski definition) is 4. The summed E-state index contributed by atoms with van der Waals surface area (Å²) in [4.78, 5) is 28.6. The average molecular weight is 374 g/mol. The zero-order chi connectivity index (χ0) is 18.8. The SMILES string of the molecule is CC(C)(C)CC(=O)N1CCN(C(=O)C2CCN(S(C)(=O)=O)CC2)CC1. The van der Waals surface area contributed by atoms with Crippen LogP contribution in [0.2, 0.25) is 0 Å². The lowest BCUT2D eigenvalue weighted by Gasteiger charge is -2.38. The van der Waals surface area contributed by atoms with Crippen LogP contribution in [0.3, 0.4) is 0 Å². The van der Waals surface area contributed by atoms with Crippen molar-refractivity contribution in [3.05, 3.63) is 0 Å². The second kappa shape index (κ2) is 7.61. The van der Waals surface area contributed by atoms with Crippen molar-refractivity contribution in [1.29, 1.82) is 0 Å².